The number of ether oxygens (including phenoxy) is 1. The van der Waals surface area contributed by atoms with Gasteiger partial charge in [-0.1, -0.05) is 37.6 Å². The fourth-order valence-electron chi connectivity index (χ4n) is 2.26. The van der Waals surface area contributed by atoms with Gasteiger partial charge < -0.3 is 10.5 Å². The van der Waals surface area contributed by atoms with Crippen LogP contribution in [-0.2, 0) is 0 Å². The van der Waals surface area contributed by atoms with Crippen LogP contribution in [0, 0.1) is 5.41 Å². The number of methoxy groups -OCH3 is 1. The van der Waals surface area contributed by atoms with Gasteiger partial charge in [-0.2, -0.15) is 0 Å². The zero-order chi connectivity index (χ0) is 11.2. The van der Waals surface area contributed by atoms with Crippen LogP contribution in [0.1, 0.15) is 25.3 Å². The van der Waals surface area contributed by atoms with Crippen molar-refractivity contribution in [3.05, 3.63) is 28.8 Å². The average molecular weight is 226 g/mol. The lowest BCUT2D eigenvalue weighted by Gasteiger charge is -2.10. The standard InChI is InChI=1S/C12H16ClNO/c1-12(2)9(11(12)14)7-5-4-6-8(13)10(7)15-3/h4-6,9,11H,14H2,1-3H3. The Kier molecular flexibility index (Phi) is 2.44. The minimum atomic E-state index is 0.151. The first-order chi connectivity index (χ1) is 7.00. The highest BCUT2D eigenvalue weighted by Crippen LogP contribution is 2.59. The lowest BCUT2D eigenvalue weighted by Crippen LogP contribution is -2.06. The molecule has 2 nitrogen and oxygen atoms in total. The van der Waals surface area contributed by atoms with Crippen molar-refractivity contribution in [1.82, 2.24) is 0 Å². The van der Waals surface area contributed by atoms with Crippen LogP contribution in [0.25, 0.3) is 0 Å². The SMILES string of the molecule is COc1c(Cl)cccc1C1C(N)C1(C)C. The summed E-state index contributed by atoms with van der Waals surface area (Å²) < 4.78 is 5.33. The molecule has 2 N–H and O–H groups in total. The van der Waals surface area contributed by atoms with Crippen LogP contribution in [0.5, 0.6) is 5.75 Å². The highest BCUT2D eigenvalue weighted by molar-refractivity contribution is 6.32. The van der Waals surface area contributed by atoms with E-state index in [0.29, 0.717) is 10.9 Å². The second-order valence-corrected chi connectivity index (χ2v) is 5.09. The number of hydrogen-bond donors (Lipinski definition) is 1. The van der Waals surface area contributed by atoms with E-state index in [4.69, 9.17) is 22.1 Å². The number of rotatable bonds is 2. The molecule has 3 heteroatoms. The van der Waals surface area contributed by atoms with Crippen LogP contribution in [0.2, 0.25) is 5.02 Å². The van der Waals surface area contributed by atoms with Crippen LogP contribution in [0.3, 0.4) is 0 Å². The van der Waals surface area contributed by atoms with E-state index in [1.165, 1.54) is 0 Å². The highest BCUT2D eigenvalue weighted by Gasteiger charge is 2.57. The Morgan fingerprint density at radius 1 is 1.40 bits per heavy atom. The summed E-state index contributed by atoms with van der Waals surface area (Å²) >= 11 is 6.08. The summed E-state index contributed by atoms with van der Waals surface area (Å²) in [7, 11) is 1.64. The fraction of sp³-hybridized carbons (Fsp3) is 0.500. The minimum Gasteiger partial charge on any atom is -0.495 e. The van der Waals surface area contributed by atoms with Crippen LogP contribution in [-0.4, -0.2) is 13.2 Å². The summed E-state index contributed by atoms with van der Waals surface area (Å²) in [6.07, 6.45) is 0. The fourth-order valence-corrected chi connectivity index (χ4v) is 2.52. The Morgan fingerprint density at radius 3 is 2.47 bits per heavy atom. The Morgan fingerprint density at radius 2 is 2.00 bits per heavy atom. The van der Waals surface area contributed by atoms with Crippen LogP contribution >= 0.6 is 11.6 Å². The zero-order valence-corrected chi connectivity index (χ0v) is 10.0. The van der Waals surface area contributed by atoms with Crippen molar-refractivity contribution in [1.29, 1.82) is 0 Å². The summed E-state index contributed by atoms with van der Waals surface area (Å²) in [6, 6.07) is 6.03. The molecule has 2 atom stereocenters. The van der Waals surface area contributed by atoms with Crippen molar-refractivity contribution in [2.75, 3.05) is 7.11 Å². The van der Waals surface area contributed by atoms with E-state index in [9.17, 15) is 0 Å². The van der Waals surface area contributed by atoms with Crippen molar-refractivity contribution in [3.63, 3.8) is 0 Å². The van der Waals surface area contributed by atoms with Crippen molar-refractivity contribution in [2.24, 2.45) is 11.1 Å². The smallest absolute Gasteiger partial charge is 0.140 e. The first-order valence-corrected chi connectivity index (χ1v) is 5.46. The summed E-state index contributed by atoms with van der Waals surface area (Å²) in [6.45, 7) is 4.34. The van der Waals surface area contributed by atoms with Crippen LogP contribution in [0.4, 0.5) is 0 Å². The number of halogens is 1. The summed E-state index contributed by atoms with van der Waals surface area (Å²) in [5.41, 5.74) is 7.33. The van der Waals surface area contributed by atoms with E-state index >= 15 is 0 Å². The molecule has 1 saturated carbocycles. The van der Waals surface area contributed by atoms with Crippen molar-refractivity contribution in [3.8, 4) is 5.75 Å². The third kappa shape index (κ3) is 1.52. The molecule has 0 spiro atoms. The van der Waals surface area contributed by atoms with Crippen molar-refractivity contribution in [2.45, 2.75) is 25.8 Å². The van der Waals surface area contributed by atoms with E-state index in [2.05, 4.69) is 13.8 Å². The van der Waals surface area contributed by atoms with Crippen molar-refractivity contribution >= 4 is 11.6 Å². The third-order valence-corrected chi connectivity index (χ3v) is 3.74. The molecule has 1 fully saturated rings. The lowest BCUT2D eigenvalue weighted by atomic mass is 10.0. The van der Waals surface area contributed by atoms with E-state index in [1.807, 2.05) is 18.2 Å². The van der Waals surface area contributed by atoms with Gasteiger partial charge in [-0.25, -0.2) is 0 Å². The van der Waals surface area contributed by atoms with E-state index < -0.39 is 0 Å². The predicted molar refractivity (Wildman–Crippen MR) is 62.5 cm³/mol. The normalized spacial score (nSPS) is 27.5. The van der Waals surface area contributed by atoms with Crippen LogP contribution < -0.4 is 10.5 Å². The molecule has 2 rings (SSSR count). The minimum absolute atomic E-state index is 0.151. The number of hydrogen-bond acceptors (Lipinski definition) is 2. The molecule has 82 valence electrons. The number of para-hydroxylation sites is 1. The molecule has 0 bridgehead atoms. The topological polar surface area (TPSA) is 35.2 Å². The summed E-state index contributed by atoms with van der Waals surface area (Å²) in [5.74, 6) is 1.12. The maximum absolute atomic E-state index is 6.08. The molecule has 0 amide bonds. The van der Waals surface area contributed by atoms with Gasteiger partial charge in [0.05, 0.1) is 12.1 Å². The van der Waals surface area contributed by atoms with Gasteiger partial charge in [0.15, 0.2) is 0 Å². The number of benzene rings is 1. The molecule has 0 radical (unpaired) electrons. The maximum atomic E-state index is 6.08. The highest BCUT2D eigenvalue weighted by atomic mass is 35.5. The quantitative estimate of drug-likeness (QED) is 0.840. The van der Waals surface area contributed by atoms with Crippen LogP contribution in [0.15, 0.2) is 18.2 Å². The molecule has 0 aromatic heterocycles. The van der Waals surface area contributed by atoms with Gasteiger partial charge in [-0.05, 0) is 11.5 Å². The van der Waals surface area contributed by atoms with Gasteiger partial charge in [-0.3, -0.25) is 0 Å². The molecular formula is C12H16ClNO. The molecule has 1 aliphatic carbocycles. The van der Waals surface area contributed by atoms with E-state index in [1.54, 1.807) is 7.11 Å². The Hall–Kier alpha value is -0.730. The first-order valence-electron chi connectivity index (χ1n) is 5.08. The van der Waals surface area contributed by atoms with E-state index in [-0.39, 0.29) is 11.5 Å². The predicted octanol–water partition coefficient (Wildman–Crippen LogP) is 2.80. The monoisotopic (exact) mass is 225 g/mol. The molecular weight excluding hydrogens is 210 g/mol. The second-order valence-electron chi connectivity index (χ2n) is 4.69. The van der Waals surface area contributed by atoms with Gasteiger partial charge in [0, 0.05) is 17.5 Å². The first kappa shape index (κ1) is 10.8. The summed E-state index contributed by atoms with van der Waals surface area (Å²) in [4.78, 5) is 0. The molecule has 1 aromatic carbocycles. The van der Waals surface area contributed by atoms with Gasteiger partial charge >= 0.3 is 0 Å². The molecule has 0 aliphatic heterocycles. The lowest BCUT2D eigenvalue weighted by molar-refractivity contribution is 0.408. The Bertz CT molecular complexity index is 389. The zero-order valence-electron chi connectivity index (χ0n) is 9.25. The summed E-state index contributed by atoms with van der Waals surface area (Å²) in [5, 5.41) is 0.657. The van der Waals surface area contributed by atoms with Gasteiger partial charge in [0.1, 0.15) is 5.75 Å². The molecule has 15 heavy (non-hydrogen) atoms. The molecule has 0 saturated heterocycles. The van der Waals surface area contributed by atoms with E-state index in [0.717, 1.165) is 11.3 Å². The largest absolute Gasteiger partial charge is 0.495 e. The van der Waals surface area contributed by atoms with Gasteiger partial charge in [-0.15, -0.1) is 0 Å². The van der Waals surface area contributed by atoms with Crippen molar-refractivity contribution < 1.29 is 4.74 Å². The van der Waals surface area contributed by atoms with Gasteiger partial charge in [0.25, 0.3) is 0 Å². The molecule has 1 aliphatic rings. The molecule has 2 unspecified atom stereocenters. The third-order valence-electron chi connectivity index (χ3n) is 3.45. The Balaban J connectivity index is 2.42. The Labute approximate surface area is 95.4 Å². The molecule has 1 aromatic rings. The average Bonchev–Trinajstić information content (AvgIpc) is 2.66. The second kappa shape index (κ2) is 3.39. The number of nitrogens with two attached hydrogens (primary N) is 1. The van der Waals surface area contributed by atoms with Gasteiger partial charge in [0.2, 0.25) is 0 Å². The maximum Gasteiger partial charge on any atom is 0.140 e. The molecule has 0 heterocycles.